The number of hydrogen-bond acceptors (Lipinski definition) is 2. The summed E-state index contributed by atoms with van der Waals surface area (Å²) in [7, 11) is 0. The third-order valence-electron chi connectivity index (χ3n) is 3.37. The van der Waals surface area contributed by atoms with Gasteiger partial charge in [-0.25, -0.2) is 0 Å². The minimum atomic E-state index is -0.144. The number of ether oxygens (including phenoxy) is 1. The van der Waals surface area contributed by atoms with Crippen LogP contribution in [0, 0.1) is 0 Å². The number of rotatable bonds is 7. The van der Waals surface area contributed by atoms with Crippen LogP contribution in [-0.2, 0) is 4.79 Å². The standard InChI is InChI=1S/C18H19BrClNO2/c1-2-6-16(13-7-4-3-5-8-13)21-18(22)12-23-17-10-9-14(20)11-15(17)19/h3-5,7-11,16H,2,6,12H2,1H3,(H,21,22)/t16-/m1/s1. The molecule has 0 heterocycles. The zero-order valence-corrected chi connectivity index (χ0v) is 15.2. The van der Waals surface area contributed by atoms with Crippen molar-refractivity contribution in [3.8, 4) is 5.75 Å². The van der Waals surface area contributed by atoms with Crippen LogP contribution in [0.15, 0.2) is 53.0 Å². The summed E-state index contributed by atoms with van der Waals surface area (Å²) in [5, 5.41) is 3.64. The van der Waals surface area contributed by atoms with Crippen molar-refractivity contribution >= 4 is 33.4 Å². The Bertz CT molecular complexity index is 649. The lowest BCUT2D eigenvalue weighted by molar-refractivity contribution is -0.123. The highest BCUT2D eigenvalue weighted by Gasteiger charge is 2.14. The molecule has 122 valence electrons. The highest BCUT2D eigenvalue weighted by atomic mass is 79.9. The van der Waals surface area contributed by atoms with Gasteiger partial charge in [-0.1, -0.05) is 55.3 Å². The number of hydrogen-bond donors (Lipinski definition) is 1. The monoisotopic (exact) mass is 395 g/mol. The first kappa shape index (κ1) is 17.8. The van der Waals surface area contributed by atoms with Crippen LogP contribution in [0.25, 0.3) is 0 Å². The Kier molecular flexibility index (Phi) is 6.93. The van der Waals surface area contributed by atoms with Gasteiger partial charge in [0.05, 0.1) is 10.5 Å². The van der Waals surface area contributed by atoms with Crippen molar-refractivity contribution in [2.75, 3.05) is 6.61 Å². The molecule has 1 amide bonds. The van der Waals surface area contributed by atoms with Crippen LogP contribution in [0.4, 0.5) is 0 Å². The molecule has 0 aliphatic rings. The Balaban J connectivity index is 1.94. The molecule has 2 aromatic carbocycles. The number of halogens is 2. The van der Waals surface area contributed by atoms with Crippen LogP contribution in [0.5, 0.6) is 5.75 Å². The topological polar surface area (TPSA) is 38.3 Å². The van der Waals surface area contributed by atoms with E-state index in [0.29, 0.717) is 10.8 Å². The van der Waals surface area contributed by atoms with E-state index in [4.69, 9.17) is 16.3 Å². The van der Waals surface area contributed by atoms with E-state index >= 15 is 0 Å². The molecule has 0 saturated heterocycles. The van der Waals surface area contributed by atoms with Crippen molar-refractivity contribution in [3.05, 3.63) is 63.6 Å². The van der Waals surface area contributed by atoms with Gasteiger partial charge in [-0.3, -0.25) is 4.79 Å². The SMILES string of the molecule is CCC[C@@H](NC(=O)COc1ccc(Cl)cc1Br)c1ccccc1. The first-order chi connectivity index (χ1) is 11.1. The summed E-state index contributed by atoms with van der Waals surface area (Å²) in [6, 6.07) is 15.2. The number of carbonyl (C=O) groups excluding carboxylic acids is 1. The first-order valence-electron chi connectivity index (χ1n) is 7.52. The molecule has 0 aromatic heterocycles. The van der Waals surface area contributed by atoms with Crippen molar-refractivity contribution in [2.45, 2.75) is 25.8 Å². The minimum absolute atomic E-state index is 0.00552. The predicted octanol–water partition coefficient (Wildman–Crippen LogP) is 5.14. The molecule has 0 saturated carbocycles. The fraction of sp³-hybridized carbons (Fsp3) is 0.278. The van der Waals surface area contributed by atoms with Crippen LogP contribution in [0.3, 0.4) is 0 Å². The van der Waals surface area contributed by atoms with Crippen LogP contribution < -0.4 is 10.1 Å². The number of benzene rings is 2. The molecule has 3 nitrogen and oxygen atoms in total. The zero-order valence-electron chi connectivity index (χ0n) is 12.9. The average Bonchev–Trinajstić information content (AvgIpc) is 2.54. The van der Waals surface area contributed by atoms with Crippen LogP contribution in [0.2, 0.25) is 5.02 Å². The van der Waals surface area contributed by atoms with Gasteiger partial charge in [0.25, 0.3) is 5.91 Å². The third kappa shape index (κ3) is 5.56. The number of nitrogens with one attached hydrogen (secondary N) is 1. The Morgan fingerprint density at radius 2 is 2.00 bits per heavy atom. The van der Waals surface area contributed by atoms with E-state index in [-0.39, 0.29) is 18.6 Å². The van der Waals surface area contributed by atoms with Gasteiger partial charge in [0.2, 0.25) is 0 Å². The molecular formula is C18H19BrClNO2. The summed E-state index contributed by atoms with van der Waals surface area (Å²) in [6.07, 6.45) is 1.88. The maximum absolute atomic E-state index is 12.2. The summed E-state index contributed by atoms with van der Waals surface area (Å²) >= 11 is 9.25. The second-order valence-corrected chi connectivity index (χ2v) is 6.47. The van der Waals surface area contributed by atoms with Crippen molar-refractivity contribution in [1.82, 2.24) is 5.32 Å². The van der Waals surface area contributed by atoms with Crippen molar-refractivity contribution in [1.29, 1.82) is 0 Å². The Hall–Kier alpha value is -1.52. The molecule has 2 aromatic rings. The second kappa shape index (κ2) is 8.94. The van der Waals surface area contributed by atoms with Crippen molar-refractivity contribution in [3.63, 3.8) is 0 Å². The summed E-state index contributed by atoms with van der Waals surface area (Å²) < 4.78 is 6.28. The maximum Gasteiger partial charge on any atom is 0.258 e. The van der Waals surface area contributed by atoms with Gasteiger partial charge in [-0.15, -0.1) is 0 Å². The van der Waals surface area contributed by atoms with E-state index in [1.54, 1.807) is 18.2 Å². The molecule has 1 N–H and O–H groups in total. The lowest BCUT2D eigenvalue weighted by Gasteiger charge is -2.19. The quantitative estimate of drug-likeness (QED) is 0.704. The maximum atomic E-state index is 12.2. The van der Waals surface area contributed by atoms with E-state index in [1.165, 1.54) is 0 Å². The normalized spacial score (nSPS) is 11.8. The zero-order chi connectivity index (χ0) is 16.7. The molecule has 1 atom stereocenters. The molecule has 5 heteroatoms. The summed E-state index contributed by atoms with van der Waals surface area (Å²) in [5.41, 5.74) is 1.11. The van der Waals surface area contributed by atoms with E-state index in [0.717, 1.165) is 22.9 Å². The molecule has 0 aliphatic carbocycles. The highest BCUT2D eigenvalue weighted by molar-refractivity contribution is 9.10. The van der Waals surface area contributed by atoms with E-state index in [1.807, 2.05) is 30.3 Å². The fourth-order valence-electron chi connectivity index (χ4n) is 2.27. The summed E-state index contributed by atoms with van der Waals surface area (Å²) in [5.74, 6) is 0.449. The Morgan fingerprint density at radius 3 is 2.65 bits per heavy atom. The van der Waals surface area contributed by atoms with Crippen molar-refractivity contribution in [2.24, 2.45) is 0 Å². The van der Waals surface area contributed by atoms with Gasteiger partial charge in [-0.2, -0.15) is 0 Å². The fourth-order valence-corrected chi connectivity index (χ4v) is 3.06. The van der Waals surface area contributed by atoms with Crippen LogP contribution >= 0.6 is 27.5 Å². The smallest absolute Gasteiger partial charge is 0.258 e. The first-order valence-corrected chi connectivity index (χ1v) is 8.69. The molecule has 23 heavy (non-hydrogen) atoms. The van der Waals surface area contributed by atoms with Gasteiger partial charge in [-0.05, 0) is 46.1 Å². The molecular weight excluding hydrogens is 378 g/mol. The van der Waals surface area contributed by atoms with Gasteiger partial charge >= 0.3 is 0 Å². The molecule has 2 rings (SSSR count). The van der Waals surface area contributed by atoms with Gasteiger partial charge < -0.3 is 10.1 Å². The Labute approximate surface area is 150 Å². The van der Waals surface area contributed by atoms with Gasteiger partial charge in [0.15, 0.2) is 6.61 Å². The third-order valence-corrected chi connectivity index (χ3v) is 4.22. The second-order valence-electron chi connectivity index (χ2n) is 5.18. The lowest BCUT2D eigenvalue weighted by Crippen LogP contribution is -2.32. The highest BCUT2D eigenvalue weighted by Crippen LogP contribution is 2.28. The predicted molar refractivity (Wildman–Crippen MR) is 96.9 cm³/mol. The molecule has 0 radical (unpaired) electrons. The molecule has 0 spiro atoms. The van der Waals surface area contributed by atoms with Crippen LogP contribution in [0.1, 0.15) is 31.4 Å². The van der Waals surface area contributed by atoms with E-state index in [2.05, 4.69) is 28.2 Å². The largest absolute Gasteiger partial charge is 0.483 e. The minimum Gasteiger partial charge on any atom is -0.483 e. The Morgan fingerprint density at radius 1 is 1.26 bits per heavy atom. The summed E-state index contributed by atoms with van der Waals surface area (Å²) in [6.45, 7) is 2.07. The van der Waals surface area contributed by atoms with Crippen LogP contribution in [-0.4, -0.2) is 12.5 Å². The van der Waals surface area contributed by atoms with Gasteiger partial charge in [0, 0.05) is 5.02 Å². The number of amides is 1. The van der Waals surface area contributed by atoms with E-state index < -0.39 is 0 Å². The lowest BCUT2D eigenvalue weighted by atomic mass is 10.0. The molecule has 0 fully saturated rings. The van der Waals surface area contributed by atoms with E-state index in [9.17, 15) is 4.79 Å². The summed E-state index contributed by atoms with van der Waals surface area (Å²) in [4.78, 5) is 12.2. The molecule has 0 bridgehead atoms. The molecule has 0 unspecified atom stereocenters. The average molecular weight is 397 g/mol. The molecule has 0 aliphatic heterocycles. The number of carbonyl (C=O) groups is 1. The van der Waals surface area contributed by atoms with Crippen molar-refractivity contribution < 1.29 is 9.53 Å². The van der Waals surface area contributed by atoms with Gasteiger partial charge in [0.1, 0.15) is 5.75 Å².